The normalized spacial score (nSPS) is 13.7. The summed E-state index contributed by atoms with van der Waals surface area (Å²) in [5, 5.41) is 0. The minimum absolute atomic E-state index is 0.156. The molecule has 3 nitrogen and oxygen atoms in total. The van der Waals surface area contributed by atoms with E-state index in [1.165, 1.54) is 0 Å². The zero-order valence-corrected chi connectivity index (χ0v) is 10.9. The molecule has 0 spiro atoms. The van der Waals surface area contributed by atoms with Crippen molar-refractivity contribution in [2.45, 2.75) is 19.9 Å². The minimum atomic E-state index is 0.156. The van der Waals surface area contributed by atoms with Gasteiger partial charge in [0.25, 0.3) is 0 Å². The van der Waals surface area contributed by atoms with Crippen LogP contribution in [0.15, 0.2) is 42.5 Å². The van der Waals surface area contributed by atoms with Gasteiger partial charge in [-0.2, -0.15) is 0 Å². The molecule has 1 aliphatic rings. The van der Waals surface area contributed by atoms with Crippen molar-refractivity contribution in [3.63, 3.8) is 0 Å². The molecule has 19 heavy (non-hydrogen) atoms. The van der Waals surface area contributed by atoms with E-state index in [4.69, 9.17) is 5.73 Å². The largest absolute Gasteiger partial charge is 0.399 e. The summed E-state index contributed by atoms with van der Waals surface area (Å²) in [7, 11) is 0. The Morgan fingerprint density at radius 2 is 1.95 bits per heavy atom. The first-order chi connectivity index (χ1) is 9.16. The highest BCUT2D eigenvalue weighted by Crippen LogP contribution is 2.30. The lowest BCUT2D eigenvalue weighted by Gasteiger charge is -2.19. The Hall–Kier alpha value is -2.29. The highest BCUT2D eigenvalue weighted by Gasteiger charge is 2.26. The fourth-order valence-corrected chi connectivity index (χ4v) is 2.53. The van der Waals surface area contributed by atoms with Gasteiger partial charge in [-0.15, -0.1) is 0 Å². The number of para-hydroxylation sites is 1. The molecule has 1 aliphatic heterocycles. The van der Waals surface area contributed by atoms with Crippen LogP contribution in [-0.4, -0.2) is 5.91 Å². The highest BCUT2D eigenvalue weighted by molar-refractivity contribution is 6.01. The number of anilines is 2. The van der Waals surface area contributed by atoms with E-state index in [2.05, 4.69) is 0 Å². The van der Waals surface area contributed by atoms with Gasteiger partial charge in [0, 0.05) is 11.4 Å². The first-order valence-electron chi connectivity index (χ1n) is 6.39. The van der Waals surface area contributed by atoms with E-state index in [9.17, 15) is 4.79 Å². The molecular weight excluding hydrogens is 236 g/mol. The highest BCUT2D eigenvalue weighted by atomic mass is 16.2. The van der Waals surface area contributed by atoms with Gasteiger partial charge in [0.05, 0.1) is 13.0 Å². The second kappa shape index (κ2) is 4.43. The van der Waals surface area contributed by atoms with Crippen LogP contribution in [0.1, 0.15) is 16.7 Å². The molecule has 1 heterocycles. The molecular formula is C16H16N2O. The second-order valence-electron chi connectivity index (χ2n) is 4.92. The molecule has 3 rings (SSSR count). The predicted octanol–water partition coefficient (Wildman–Crippen LogP) is 2.67. The van der Waals surface area contributed by atoms with Gasteiger partial charge in [0.15, 0.2) is 0 Å². The Morgan fingerprint density at radius 1 is 1.16 bits per heavy atom. The van der Waals surface area contributed by atoms with Crippen molar-refractivity contribution >= 4 is 17.3 Å². The van der Waals surface area contributed by atoms with Crippen molar-refractivity contribution < 1.29 is 4.79 Å². The first-order valence-corrected chi connectivity index (χ1v) is 6.39. The summed E-state index contributed by atoms with van der Waals surface area (Å²) in [6.45, 7) is 2.59. The van der Waals surface area contributed by atoms with Gasteiger partial charge in [-0.25, -0.2) is 0 Å². The number of rotatable bonds is 2. The van der Waals surface area contributed by atoms with E-state index >= 15 is 0 Å². The average molecular weight is 252 g/mol. The van der Waals surface area contributed by atoms with Gasteiger partial charge in [-0.05, 0) is 35.7 Å². The lowest BCUT2D eigenvalue weighted by atomic mass is 10.1. The number of fused-ring (bicyclic) bond motifs is 1. The molecule has 96 valence electrons. The number of amides is 1. The molecule has 2 N–H and O–H groups in total. The Kier molecular flexibility index (Phi) is 2.75. The standard InChI is InChI=1S/C16H16N2O/c1-11-13(6-4-7-14(11)17)10-18-15-8-3-2-5-12(15)9-16(18)19/h2-8H,9-10,17H2,1H3. The molecule has 2 aromatic carbocycles. The summed E-state index contributed by atoms with van der Waals surface area (Å²) >= 11 is 0. The van der Waals surface area contributed by atoms with Gasteiger partial charge >= 0.3 is 0 Å². The van der Waals surface area contributed by atoms with Crippen molar-refractivity contribution in [2.75, 3.05) is 10.6 Å². The number of hydrogen-bond donors (Lipinski definition) is 1. The maximum Gasteiger partial charge on any atom is 0.231 e. The van der Waals surface area contributed by atoms with Crippen molar-refractivity contribution in [1.29, 1.82) is 0 Å². The maximum absolute atomic E-state index is 12.1. The molecule has 0 saturated carbocycles. The summed E-state index contributed by atoms with van der Waals surface area (Å²) in [6.07, 6.45) is 0.498. The second-order valence-corrected chi connectivity index (χ2v) is 4.92. The Balaban J connectivity index is 1.96. The number of nitrogens with zero attached hydrogens (tertiary/aromatic N) is 1. The quantitative estimate of drug-likeness (QED) is 0.835. The molecule has 0 bridgehead atoms. The van der Waals surface area contributed by atoms with E-state index in [-0.39, 0.29) is 5.91 Å². The molecule has 0 fully saturated rings. The molecule has 0 saturated heterocycles. The SMILES string of the molecule is Cc1c(N)cccc1CN1C(=O)Cc2ccccc21. The topological polar surface area (TPSA) is 46.3 Å². The summed E-state index contributed by atoms with van der Waals surface area (Å²) in [4.78, 5) is 14.0. The van der Waals surface area contributed by atoms with E-state index in [0.717, 1.165) is 28.1 Å². The van der Waals surface area contributed by atoms with Crippen LogP contribution >= 0.6 is 0 Å². The maximum atomic E-state index is 12.1. The van der Waals surface area contributed by atoms with Crippen LogP contribution in [0.2, 0.25) is 0 Å². The van der Waals surface area contributed by atoms with Crippen molar-refractivity contribution in [3.8, 4) is 0 Å². The fraction of sp³-hybridized carbons (Fsp3) is 0.188. The number of benzene rings is 2. The number of carbonyl (C=O) groups excluding carboxylic acids is 1. The van der Waals surface area contributed by atoms with E-state index in [1.807, 2.05) is 54.3 Å². The summed E-state index contributed by atoms with van der Waals surface area (Å²) in [5.74, 6) is 0.156. The van der Waals surface area contributed by atoms with Crippen LogP contribution in [-0.2, 0) is 17.8 Å². The van der Waals surface area contributed by atoms with Crippen LogP contribution in [0.25, 0.3) is 0 Å². The van der Waals surface area contributed by atoms with Crippen LogP contribution in [0, 0.1) is 6.92 Å². The van der Waals surface area contributed by atoms with E-state index in [0.29, 0.717) is 13.0 Å². The summed E-state index contributed by atoms with van der Waals surface area (Å²) < 4.78 is 0. The van der Waals surface area contributed by atoms with Crippen molar-refractivity contribution in [3.05, 3.63) is 59.2 Å². The van der Waals surface area contributed by atoms with Crippen LogP contribution < -0.4 is 10.6 Å². The number of nitrogens with two attached hydrogens (primary N) is 1. The molecule has 2 aromatic rings. The monoisotopic (exact) mass is 252 g/mol. The molecule has 0 atom stereocenters. The smallest absolute Gasteiger partial charge is 0.231 e. The summed E-state index contributed by atoms with van der Waals surface area (Å²) in [6, 6.07) is 13.8. The third-order valence-electron chi connectivity index (χ3n) is 3.74. The minimum Gasteiger partial charge on any atom is -0.399 e. The number of hydrogen-bond acceptors (Lipinski definition) is 2. The Labute approximate surface area is 112 Å². The van der Waals surface area contributed by atoms with Gasteiger partial charge in [0.1, 0.15) is 0 Å². The Morgan fingerprint density at radius 3 is 2.79 bits per heavy atom. The zero-order chi connectivity index (χ0) is 13.4. The molecule has 3 heteroatoms. The van der Waals surface area contributed by atoms with Gasteiger partial charge in [-0.3, -0.25) is 4.79 Å². The van der Waals surface area contributed by atoms with Gasteiger partial charge in [-0.1, -0.05) is 30.3 Å². The third-order valence-corrected chi connectivity index (χ3v) is 3.74. The van der Waals surface area contributed by atoms with E-state index in [1.54, 1.807) is 0 Å². The molecule has 1 amide bonds. The average Bonchev–Trinajstić information content (AvgIpc) is 2.72. The van der Waals surface area contributed by atoms with Gasteiger partial charge < -0.3 is 10.6 Å². The van der Waals surface area contributed by atoms with Crippen molar-refractivity contribution in [1.82, 2.24) is 0 Å². The van der Waals surface area contributed by atoms with Crippen LogP contribution in [0.4, 0.5) is 11.4 Å². The molecule has 0 aromatic heterocycles. The summed E-state index contributed by atoms with van der Waals surface area (Å²) in [5.41, 5.74) is 11.0. The predicted molar refractivity (Wildman–Crippen MR) is 76.9 cm³/mol. The molecule has 0 aliphatic carbocycles. The number of carbonyl (C=O) groups is 1. The number of nitrogen functional groups attached to an aromatic ring is 1. The lowest BCUT2D eigenvalue weighted by Crippen LogP contribution is -2.26. The van der Waals surface area contributed by atoms with Gasteiger partial charge in [0.2, 0.25) is 5.91 Å². The molecule has 0 unspecified atom stereocenters. The lowest BCUT2D eigenvalue weighted by molar-refractivity contribution is -0.117. The zero-order valence-electron chi connectivity index (χ0n) is 10.9. The van der Waals surface area contributed by atoms with Crippen LogP contribution in [0.3, 0.4) is 0 Å². The first kappa shape index (κ1) is 11.8. The van der Waals surface area contributed by atoms with Crippen molar-refractivity contribution in [2.24, 2.45) is 0 Å². The fourth-order valence-electron chi connectivity index (χ4n) is 2.53. The van der Waals surface area contributed by atoms with E-state index < -0.39 is 0 Å². The van der Waals surface area contributed by atoms with Crippen LogP contribution in [0.5, 0.6) is 0 Å². The third kappa shape index (κ3) is 1.97. The molecule has 0 radical (unpaired) electrons. The Bertz CT molecular complexity index is 649.